The van der Waals surface area contributed by atoms with Gasteiger partial charge in [0.2, 0.25) is 0 Å². The molecule has 5 nitrogen and oxygen atoms in total. The average Bonchev–Trinajstić information content (AvgIpc) is 2.73. The Labute approximate surface area is 169 Å². The average molecular weight is 405 g/mol. The lowest BCUT2D eigenvalue weighted by Crippen LogP contribution is -2.11. The van der Waals surface area contributed by atoms with E-state index >= 15 is 0 Å². The highest BCUT2D eigenvalue weighted by Crippen LogP contribution is 2.29. The first-order valence-electron chi connectivity index (χ1n) is 9.03. The van der Waals surface area contributed by atoms with Gasteiger partial charge in [0, 0.05) is 0 Å². The number of carboxylic acid groups (broad SMARTS) is 1. The number of nitriles is 1. The maximum absolute atomic E-state index is 13.3. The van der Waals surface area contributed by atoms with E-state index < -0.39 is 15.8 Å². The molecule has 3 aromatic rings. The van der Waals surface area contributed by atoms with E-state index in [1.54, 1.807) is 24.3 Å². The van der Waals surface area contributed by atoms with Gasteiger partial charge in [-0.2, -0.15) is 5.26 Å². The molecular formula is C23H19NO4S. The zero-order valence-electron chi connectivity index (χ0n) is 15.8. The van der Waals surface area contributed by atoms with Gasteiger partial charge in [-0.1, -0.05) is 49.4 Å². The van der Waals surface area contributed by atoms with Crippen molar-refractivity contribution in [1.82, 2.24) is 0 Å². The topological polar surface area (TPSA) is 95.2 Å². The van der Waals surface area contributed by atoms with Crippen LogP contribution in [0.2, 0.25) is 0 Å². The second-order valence-corrected chi connectivity index (χ2v) is 8.55. The smallest absolute Gasteiger partial charge is 0.335 e. The van der Waals surface area contributed by atoms with Gasteiger partial charge in [0.05, 0.1) is 27.8 Å². The third-order valence-corrected chi connectivity index (χ3v) is 6.44. The molecule has 0 aliphatic carbocycles. The summed E-state index contributed by atoms with van der Waals surface area (Å²) in [6, 6.07) is 20.5. The normalized spacial score (nSPS) is 11.0. The van der Waals surface area contributed by atoms with Crippen molar-refractivity contribution < 1.29 is 18.3 Å². The molecule has 146 valence electrons. The first-order valence-corrected chi connectivity index (χ1v) is 10.7. The van der Waals surface area contributed by atoms with Crippen LogP contribution < -0.4 is 0 Å². The van der Waals surface area contributed by atoms with E-state index in [0.29, 0.717) is 23.1 Å². The summed E-state index contributed by atoms with van der Waals surface area (Å²) in [5.41, 5.74) is 2.92. The third kappa shape index (κ3) is 4.36. The van der Waals surface area contributed by atoms with Gasteiger partial charge in [-0.05, 0) is 52.9 Å². The minimum absolute atomic E-state index is 0.0151. The Bertz CT molecular complexity index is 1210. The molecule has 3 rings (SSSR count). The summed E-state index contributed by atoms with van der Waals surface area (Å²) in [4.78, 5) is 11.3. The van der Waals surface area contributed by atoms with Crippen molar-refractivity contribution in [1.29, 1.82) is 5.26 Å². The molecule has 29 heavy (non-hydrogen) atoms. The first kappa shape index (κ1) is 20.3. The summed E-state index contributed by atoms with van der Waals surface area (Å²) < 4.78 is 26.5. The number of sulfone groups is 1. The Balaban J connectivity index is 2.13. The van der Waals surface area contributed by atoms with Gasteiger partial charge in [-0.3, -0.25) is 0 Å². The number of benzene rings is 3. The molecule has 0 saturated carbocycles. The number of aryl methyl sites for hydroxylation is 1. The maximum atomic E-state index is 13.3. The highest BCUT2D eigenvalue weighted by atomic mass is 32.2. The maximum Gasteiger partial charge on any atom is 0.335 e. The Kier molecular flexibility index (Phi) is 5.81. The van der Waals surface area contributed by atoms with Crippen molar-refractivity contribution in [3.05, 3.63) is 89.0 Å². The minimum Gasteiger partial charge on any atom is -0.478 e. The van der Waals surface area contributed by atoms with Crippen LogP contribution in [0.4, 0.5) is 0 Å². The summed E-state index contributed by atoms with van der Waals surface area (Å²) in [6.07, 6.45) is 0.457. The largest absolute Gasteiger partial charge is 0.478 e. The molecule has 6 heteroatoms. The monoisotopic (exact) mass is 405 g/mol. The van der Waals surface area contributed by atoms with E-state index in [-0.39, 0.29) is 16.2 Å². The van der Waals surface area contributed by atoms with Gasteiger partial charge in [0.25, 0.3) is 0 Å². The predicted octanol–water partition coefficient (Wildman–Crippen LogP) is 4.46. The van der Waals surface area contributed by atoms with E-state index in [2.05, 4.69) is 0 Å². The Hall–Kier alpha value is -3.43. The molecular weight excluding hydrogens is 386 g/mol. The summed E-state index contributed by atoms with van der Waals surface area (Å²) >= 11 is 0. The number of nitrogens with zero attached hydrogens (tertiary/aromatic N) is 1. The van der Waals surface area contributed by atoms with Crippen LogP contribution in [0.1, 0.15) is 34.0 Å². The van der Waals surface area contributed by atoms with Crippen LogP contribution in [0.5, 0.6) is 0 Å². The Morgan fingerprint density at radius 3 is 2.34 bits per heavy atom. The standard InChI is InChI=1S/C23H19NO4S/c1-2-17-9-10-19(23(25)26)13-22(17)29(27,28)15-20-12-16(14-24)8-11-21(20)18-6-4-3-5-7-18/h3-13H,2,15H2,1H3,(H,25,26). The van der Waals surface area contributed by atoms with E-state index in [1.807, 2.05) is 43.3 Å². The van der Waals surface area contributed by atoms with Crippen molar-refractivity contribution in [3.63, 3.8) is 0 Å². The first-order chi connectivity index (χ1) is 13.9. The summed E-state index contributed by atoms with van der Waals surface area (Å²) in [5.74, 6) is -1.51. The second kappa shape index (κ2) is 8.29. The van der Waals surface area contributed by atoms with E-state index in [1.165, 1.54) is 12.1 Å². The molecule has 0 amide bonds. The number of hydrogen-bond donors (Lipinski definition) is 1. The van der Waals surface area contributed by atoms with Crippen molar-refractivity contribution in [2.75, 3.05) is 0 Å². The SMILES string of the molecule is CCc1ccc(C(=O)O)cc1S(=O)(=O)Cc1cc(C#N)ccc1-c1ccccc1. The lowest BCUT2D eigenvalue weighted by Gasteiger charge is -2.14. The molecule has 1 N–H and O–H groups in total. The van der Waals surface area contributed by atoms with Crippen molar-refractivity contribution >= 4 is 15.8 Å². The molecule has 0 aliphatic rings. The van der Waals surface area contributed by atoms with Crippen LogP contribution in [0.3, 0.4) is 0 Å². The van der Waals surface area contributed by atoms with Gasteiger partial charge < -0.3 is 5.11 Å². The Morgan fingerprint density at radius 2 is 1.72 bits per heavy atom. The molecule has 0 aliphatic heterocycles. The summed E-state index contributed by atoms with van der Waals surface area (Å²) in [7, 11) is -3.84. The van der Waals surface area contributed by atoms with Crippen LogP contribution in [0.15, 0.2) is 71.6 Å². The predicted molar refractivity (Wildman–Crippen MR) is 110 cm³/mol. The van der Waals surface area contributed by atoms with Crippen LogP contribution in [0, 0.1) is 11.3 Å². The number of aromatic carboxylic acids is 1. The molecule has 0 radical (unpaired) electrons. The van der Waals surface area contributed by atoms with Gasteiger partial charge in [-0.25, -0.2) is 13.2 Å². The lowest BCUT2D eigenvalue weighted by atomic mass is 9.99. The molecule has 0 aromatic heterocycles. The van der Waals surface area contributed by atoms with E-state index in [9.17, 15) is 23.6 Å². The van der Waals surface area contributed by atoms with Gasteiger partial charge in [-0.15, -0.1) is 0 Å². The van der Waals surface area contributed by atoms with Crippen LogP contribution in [-0.2, 0) is 22.0 Å². The highest BCUT2D eigenvalue weighted by molar-refractivity contribution is 7.90. The van der Waals surface area contributed by atoms with Crippen LogP contribution in [-0.4, -0.2) is 19.5 Å². The fourth-order valence-electron chi connectivity index (χ4n) is 3.23. The highest BCUT2D eigenvalue weighted by Gasteiger charge is 2.22. The molecule has 0 unspecified atom stereocenters. The van der Waals surface area contributed by atoms with Crippen LogP contribution in [0.25, 0.3) is 11.1 Å². The van der Waals surface area contributed by atoms with Crippen molar-refractivity contribution in [2.24, 2.45) is 0 Å². The summed E-state index contributed by atoms with van der Waals surface area (Å²) in [5, 5.41) is 18.5. The van der Waals surface area contributed by atoms with Crippen molar-refractivity contribution in [2.45, 2.75) is 24.0 Å². The number of carboxylic acids is 1. The number of rotatable bonds is 6. The second-order valence-electron chi connectivity index (χ2n) is 6.59. The van der Waals surface area contributed by atoms with E-state index in [0.717, 1.165) is 11.1 Å². The van der Waals surface area contributed by atoms with Gasteiger partial charge >= 0.3 is 5.97 Å². The summed E-state index contributed by atoms with van der Waals surface area (Å²) in [6.45, 7) is 1.82. The van der Waals surface area contributed by atoms with Crippen LogP contribution >= 0.6 is 0 Å². The van der Waals surface area contributed by atoms with E-state index in [4.69, 9.17) is 0 Å². The molecule has 0 atom stereocenters. The molecule has 3 aromatic carbocycles. The zero-order valence-corrected chi connectivity index (χ0v) is 16.6. The molecule has 0 spiro atoms. The third-order valence-electron chi connectivity index (χ3n) is 4.69. The lowest BCUT2D eigenvalue weighted by molar-refractivity contribution is 0.0696. The fraction of sp³-hybridized carbons (Fsp3) is 0.130. The number of hydrogen-bond acceptors (Lipinski definition) is 4. The molecule has 0 saturated heterocycles. The molecule has 0 fully saturated rings. The zero-order chi connectivity index (χ0) is 21.0. The molecule has 0 bridgehead atoms. The quantitative estimate of drug-likeness (QED) is 0.653. The van der Waals surface area contributed by atoms with Crippen molar-refractivity contribution in [3.8, 4) is 17.2 Å². The molecule has 0 heterocycles. The van der Waals surface area contributed by atoms with Gasteiger partial charge in [0.15, 0.2) is 9.84 Å². The number of carbonyl (C=O) groups is 1. The Morgan fingerprint density at radius 1 is 1.00 bits per heavy atom. The minimum atomic E-state index is -3.84. The fourth-order valence-corrected chi connectivity index (χ4v) is 4.96. The van der Waals surface area contributed by atoms with Gasteiger partial charge in [0.1, 0.15) is 0 Å².